The minimum atomic E-state index is -0.116. The van der Waals surface area contributed by atoms with Crippen LogP contribution in [0, 0.1) is 23.2 Å². The molecule has 0 radical (unpaired) electrons. The summed E-state index contributed by atoms with van der Waals surface area (Å²) in [5.41, 5.74) is 2.09. The molecule has 2 aromatic heterocycles. The van der Waals surface area contributed by atoms with E-state index < -0.39 is 0 Å². The van der Waals surface area contributed by atoms with Crippen molar-refractivity contribution < 1.29 is 9.59 Å². The van der Waals surface area contributed by atoms with E-state index in [1.165, 1.54) is 26.0 Å². The normalized spacial score (nSPS) is 30.4. The van der Waals surface area contributed by atoms with Gasteiger partial charge in [-0.3, -0.25) is 14.7 Å². The number of Topliss-reactive ketones (excluding diaryl/α,β-unsaturated/α-hetero) is 2. The molecule has 5 heteroatoms. The van der Waals surface area contributed by atoms with Crippen LogP contribution < -0.4 is 0 Å². The molecule has 0 bridgehead atoms. The quantitative estimate of drug-likeness (QED) is 0.800. The predicted octanol–water partition coefficient (Wildman–Crippen LogP) is 4.20. The van der Waals surface area contributed by atoms with E-state index in [4.69, 9.17) is 0 Å². The van der Waals surface area contributed by atoms with E-state index in [-0.39, 0.29) is 11.6 Å². The van der Waals surface area contributed by atoms with E-state index in [2.05, 4.69) is 29.0 Å². The predicted molar refractivity (Wildman–Crippen MR) is 95.6 cm³/mol. The monoisotopic (exact) mass is 339 g/mol. The molecular formula is C20H25N3O2. The van der Waals surface area contributed by atoms with Crippen molar-refractivity contribution in [2.75, 3.05) is 0 Å². The van der Waals surface area contributed by atoms with Crippen molar-refractivity contribution in [2.24, 2.45) is 23.2 Å². The highest BCUT2D eigenvalue weighted by atomic mass is 16.1. The van der Waals surface area contributed by atoms with Crippen LogP contribution in [0.5, 0.6) is 0 Å². The van der Waals surface area contributed by atoms with Crippen LogP contribution >= 0.6 is 0 Å². The lowest BCUT2D eigenvalue weighted by Gasteiger charge is -2.45. The van der Waals surface area contributed by atoms with E-state index in [9.17, 15) is 9.59 Å². The number of rotatable bonds is 6. The van der Waals surface area contributed by atoms with Crippen molar-refractivity contribution in [1.82, 2.24) is 15.2 Å². The SMILES string of the molecule is CC(=O)c1c(C(=O)CCCC2CC3(C[C@@H]3C)[C@H]2C)cnc2[nH]ncc12. The highest BCUT2D eigenvalue weighted by Gasteiger charge is 2.63. The molecule has 2 fully saturated rings. The van der Waals surface area contributed by atoms with Crippen LogP contribution in [0.1, 0.15) is 73.6 Å². The fourth-order valence-corrected chi connectivity index (χ4v) is 5.09. The second-order valence-electron chi connectivity index (χ2n) is 8.14. The summed E-state index contributed by atoms with van der Waals surface area (Å²) in [6, 6.07) is 0. The van der Waals surface area contributed by atoms with Crippen molar-refractivity contribution in [1.29, 1.82) is 0 Å². The summed E-state index contributed by atoms with van der Waals surface area (Å²) in [5.74, 6) is 2.36. The first-order chi connectivity index (χ1) is 11.9. The number of nitrogens with zero attached hydrogens (tertiary/aromatic N) is 2. The Kier molecular flexibility index (Phi) is 3.78. The molecule has 0 aliphatic heterocycles. The molecule has 2 aliphatic rings. The van der Waals surface area contributed by atoms with E-state index >= 15 is 0 Å². The van der Waals surface area contributed by atoms with Crippen molar-refractivity contribution in [3.05, 3.63) is 23.5 Å². The van der Waals surface area contributed by atoms with Crippen LogP contribution in [-0.2, 0) is 0 Å². The van der Waals surface area contributed by atoms with Gasteiger partial charge in [-0.05, 0) is 55.8 Å². The van der Waals surface area contributed by atoms with E-state index in [0.29, 0.717) is 34.0 Å². The van der Waals surface area contributed by atoms with Crippen molar-refractivity contribution >= 4 is 22.6 Å². The van der Waals surface area contributed by atoms with Crippen LogP contribution in [0.15, 0.2) is 12.4 Å². The third-order valence-electron chi connectivity index (χ3n) is 6.88. The van der Waals surface area contributed by atoms with Gasteiger partial charge in [0.05, 0.1) is 11.6 Å². The molecular weight excluding hydrogens is 314 g/mol. The molecule has 0 saturated heterocycles. The number of ketones is 2. The van der Waals surface area contributed by atoms with Gasteiger partial charge in [0.15, 0.2) is 17.2 Å². The topological polar surface area (TPSA) is 75.7 Å². The van der Waals surface area contributed by atoms with Crippen LogP contribution in [0.25, 0.3) is 11.0 Å². The second-order valence-corrected chi connectivity index (χ2v) is 8.14. The average molecular weight is 339 g/mol. The Labute approximate surface area is 147 Å². The molecule has 25 heavy (non-hydrogen) atoms. The number of hydrogen-bond donors (Lipinski definition) is 1. The number of carbonyl (C=O) groups excluding carboxylic acids is 2. The highest BCUT2D eigenvalue weighted by molar-refractivity contribution is 6.14. The molecule has 4 atom stereocenters. The highest BCUT2D eigenvalue weighted by Crippen LogP contribution is 2.71. The van der Waals surface area contributed by atoms with Gasteiger partial charge in [0.1, 0.15) is 0 Å². The number of carbonyl (C=O) groups is 2. The number of nitrogens with one attached hydrogen (secondary N) is 1. The molecule has 132 valence electrons. The van der Waals surface area contributed by atoms with E-state index in [1.807, 2.05) is 0 Å². The number of aromatic nitrogens is 3. The first-order valence-corrected chi connectivity index (χ1v) is 9.30. The van der Waals surface area contributed by atoms with E-state index in [0.717, 1.165) is 30.6 Å². The number of H-pyrrole nitrogens is 1. The lowest BCUT2D eigenvalue weighted by Crippen LogP contribution is -2.37. The van der Waals surface area contributed by atoms with Crippen molar-refractivity contribution in [3.8, 4) is 0 Å². The Morgan fingerprint density at radius 3 is 2.68 bits per heavy atom. The molecule has 2 saturated carbocycles. The summed E-state index contributed by atoms with van der Waals surface area (Å²) in [4.78, 5) is 29.0. The van der Waals surface area contributed by atoms with Crippen LogP contribution in [0.4, 0.5) is 0 Å². The zero-order chi connectivity index (χ0) is 17.8. The van der Waals surface area contributed by atoms with Gasteiger partial charge in [0.25, 0.3) is 0 Å². The summed E-state index contributed by atoms with van der Waals surface area (Å²) in [6.07, 6.45) is 8.30. The smallest absolute Gasteiger partial charge is 0.165 e. The van der Waals surface area contributed by atoms with Crippen molar-refractivity contribution in [2.45, 2.75) is 52.9 Å². The maximum Gasteiger partial charge on any atom is 0.165 e. The molecule has 2 heterocycles. The van der Waals surface area contributed by atoms with Crippen molar-refractivity contribution in [3.63, 3.8) is 0 Å². The second kappa shape index (κ2) is 5.75. The minimum Gasteiger partial charge on any atom is -0.294 e. The Hall–Kier alpha value is -2.04. The molecule has 2 aliphatic carbocycles. The lowest BCUT2D eigenvalue weighted by atomic mass is 9.60. The van der Waals surface area contributed by atoms with Crippen LogP contribution in [0.3, 0.4) is 0 Å². The lowest BCUT2D eigenvalue weighted by molar-refractivity contribution is 0.0421. The van der Waals surface area contributed by atoms with Gasteiger partial charge in [-0.25, -0.2) is 4.98 Å². The van der Waals surface area contributed by atoms with Gasteiger partial charge in [-0.2, -0.15) is 5.10 Å². The molecule has 0 aromatic carbocycles. The maximum absolute atomic E-state index is 12.7. The van der Waals surface area contributed by atoms with Gasteiger partial charge in [-0.1, -0.05) is 13.8 Å². The Morgan fingerprint density at radius 1 is 1.28 bits per heavy atom. The number of hydrogen-bond acceptors (Lipinski definition) is 4. The molecule has 2 unspecified atom stereocenters. The zero-order valence-corrected chi connectivity index (χ0v) is 15.1. The first-order valence-electron chi connectivity index (χ1n) is 9.30. The third kappa shape index (κ3) is 2.52. The average Bonchev–Trinajstić information content (AvgIpc) is 3.06. The fraction of sp³-hybridized carbons (Fsp3) is 0.600. The van der Waals surface area contributed by atoms with E-state index in [1.54, 1.807) is 6.20 Å². The van der Waals surface area contributed by atoms with Gasteiger partial charge in [-0.15, -0.1) is 0 Å². The van der Waals surface area contributed by atoms with Crippen LogP contribution in [-0.4, -0.2) is 26.7 Å². The van der Waals surface area contributed by atoms with Gasteiger partial charge >= 0.3 is 0 Å². The zero-order valence-electron chi connectivity index (χ0n) is 15.1. The molecule has 1 spiro atoms. The molecule has 0 amide bonds. The summed E-state index contributed by atoms with van der Waals surface area (Å²) < 4.78 is 0. The summed E-state index contributed by atoms with van der Waals surface area (Å²) >= 11 is 0. The number of aromatic amines is 1. The largest absolute Gasteiger partial charge is 0.294 e. The number of pyridine rings is 1. The molecule has 1 N–H and O–H groups in total. The van der Waals surface area contributed by atoms with Crippen LogP contribution in [0.2, 0.25) is 0 Å². The summed E-state index contributed by atoms with van der Waals surface area (Å²) in [7, 11) is 0. The molecule has 5 nitrogen and oxygen atoms in total. The minimum absolute atomic E-state index is 0.0160. The van der Waals surface area contributed by atoms with Gasteiger partial charge in [0.2, 0.25) is 0 Å². The fourth-order valence-electron chi connectivity index (χ4n) is 5.09. The molecule has 4 rings (SSSR count). The maximum atomic E-state index is 12.7. The van der Waals surface area contributed by atoms with Gasteiger partial charge in [0, 0.05) is 23.7 Å². The van der Waals surface area contributed by atoms with Gasteiger partial charge < -0.3 is 0 Å². The summed E-state index contributed by atoms with van der Waals surface area (Å²) in [6.45, 7) is 6.23. The Bertz CT molecular complexity index is 856. The summed E-state index contributed by atoms with van der Waals surface area (Å²) in [5, 5.41) is 7.32. The first kappa shape index (κ1) is 16.4. The Balaban J connectivity index is 1.41. The standard InChI is InChI=1S/C20H25N3O2/c1-11-7-20(11)8-14(12(20)2)5-4-6-17(25)15-9-21-19-16(10-22-23-19)18(15)13(3)24/h9-12,14H,4-8H2,1-3H3,(H,21,22,23)/t11-,12-,14?,20?/m0/s1. The Morgan fingerprint density at radius 2 is 2.04 bits per heavy atom. The number of fused-ring (bicyclic) bond motifs is 1. The third-order valence-corrected chi connectivity index (χ3v) is 6.88. The molecule has 2 aromatic rings.